The van der Waals surface area contributed by atoms with Crippen molar-refractivity contribution in [3.8, 4) is 5.69 Å². The van der Waals surface area contributed by atoms with E-state index in [0.29, 0.717) is 22.3 Å². The zero-order chi connectivity index (χ0) is 18.8. The Bertz CT molecular complexity index is 1180. The van der Waals surface area contributed by atoms with Crippen LogP contribution in [0, 0.1) is 6.92 Å². The van der Waals surface area contributed by atoms with Crippen molar-refractivity contribution in [3.63, 3.8) is 0 Å². The largest absolute Gasteiger partial charge is 0.320 e. The number of hydrogen-bond donors (Lipinski definition) is 1. The number of hydrogen-bond acceptors (Lipinski definition) is 4. The third kappa shape index (κ3) is 3.20. The van der Waals surface area contributed by atoms with Gasteiger partial charge in [0.25, 0.3) is 5.91 Å². The molecule has 2 aromatic heterocycles. The van der Waals surface area contributed by atoms with Gasteiger partial charge >= 0.3 is 0 Å². The van der Waals surface area contributed by atoms with Crippen LogP contribution in [0.25, 0.3) is 16.6 Å². The lowest BCUT2D eigenvalue weighted by Gasteiger charge is -2.12. The van der Waals surface area contributed by atoms with Crippen molar-refractivity contribution in [2.45, 2.75) is 6.92 Å². The summed E-state index contributed by atoms with van der Waals surface area (Å²) in [6.45, 7) is 1.96. The molecule has 0 radical (unpaired) electrons. The van der Waals surface area contributed by atoms with E-state index >= 15 is 0 Å². The van der Waals surface area contributed by atoms with Gasteiger partial charge in [0.1, 0.15) is 0 Å². The fraction of sp³-hybridized carbons (Fsp3) is 0.0476. The summed E-state index contributed by atoms with van der Waals surface area (Å²) in [5.74, 6) is -0.549. The van der Waals surface area contributed by atoms with Crippen LogP contribution in [0.15, 0.2) is 77.9 Å². The second kappa shape index (κ2) is 6.84. The minimum absolute atomic E-state index is 0.168. The Morgan fingerprint density at radius 3 is 2.52 bits per heavy atom. The minimum atomic E-state index is -0.549. The normalized spacial score (nSPS) is 10.7. The number of nitrogens with one attached hydrogen (secondary N) is 1. The number of carbonyl (C=O) groups excluding carboxylic acids is 1. The second-order valence-electron chi connectivity index (χ2n) is 6.14. The van der Waals surface area contributed by atoms with Crippen molar-refractivity contribution in [2.75, 3.05) is 5.32 Å². The van der Waals surface area contributed by atoms with Crippen LogP contribution in [0.2, 0.25) is 0 Å². The number of rotatable bonds is 3. The summed E-state index contributed by atoms with van der Waals surface area (Å²) in [6, 6.07) is 18.0. The van der Waals surface area contributed by atoms with Crippen LogP contribution in [0.4, 0.5) is 5.69 Å². The Kier molecular flexibility index (Phi) is 4.22. The van der Waals surface area contributed by atoms with Gasteiger partial charge in [-0.05, 0) is 43.3 Å². The molecule has 0 aliphatic carbocycles. The Balaban J connectivity index is 1.85. The number of pyridine rings is 1. The van der Waals surface area contributed by atoms with Gasteiger partial charge in [0.15, 0.2) is 5.69 Å². The minimum Gasteiger partial charge on any atom is -0.320 e. The van der Waals surface area contributed by atoms with E-state index in [0.717, 1.165) is 5.56 Å². The van der Waals surface area contributed by atoms with Crippen molar-refractivity contribution in [1.82, 2.24) is 14.8 Å². The van der Waals surface area contributed by atoms with Crippen molar-refractivity contribution in [1.29, 1.82) is 0 Å². The number of carbonyl (C=O) groups is 1. The highest BCUT2D eigenvalue weighted by molar-refractivity contribution is 6.04. The molecule has 6 heteroatoms. The summed E-state index contributed by atoms with van der Waals surface area (Å²) in [6.07, 6.45) is 3.28. The predicted octanol–water partition coefficient (Wildman–Crippen LogP) is 3.34. The lowest BCUT2D eigenvalue weighted by atomic mass is 10.2. The number of para-hydroxylation sites is 1. The Morgan fingerprint density at radius 1 is 1.00 bits per heavy atom. The molecule has 2 aromatic carbocycles. The molecule has 0 unspecified atom stereocenters. The highest BCUT2D eigenvalue weighted by Gasteiger charge is 2.18. The van der Waals surface area contributed by atoms with Gasteiger partial charge in [-0.1, -0.05) is 29.8 Å². The van der Waals surface area contributed by atoms with E-state index in [-0.39, 0.29) is 5.69 Å². The summed E-state index contributed by atoms with van der Waals surface area (Å²) in [5, 5.41) is 7.50. The van der Waals surface area contributed by atoms with Crippen LogP contribution in [0.3, 0.4) is 0 Å². The fourth-order valence-corrected chi connectivity index (χ4v) is 2.83. The molecule has 1 amide bonds. The average Bonchev–Trinajstić information content (AvgIpc) is 2.71. The maximum Gasteiger partial charge on any atom is 0.280 e. The SMILES string of the molecule is Cc1ccc(NC(=O)c2nn(-c3cccnc3)c3ccccc3c2=O)cc1. The van der Waals surface area contributed by atoms with Gasteiger partial charge in [0, 0.05) is 11.9 Å². The Labute approximate surface area is 155 Å². The number of aryl methyl sites for hydroxylation is 1. The molecule has 27 heavy (non-hydrogen) atoms. The van der Waals surface area contributed by atoms with Gasteiger partial charge in [-0.3, -0.25) is 14.6 Å². The van der Waals surface area contributed by atoms with Crippen LogP contribution in [-0.4, -0.2) is 20.7 Å². The van der Waals surface area contributed by atoms with Crippen molar-refractivity contribution in [2.24, 2.45) is 0 Å². The zero-order valence-corrected chi connectivity index (χ0v) is 14.6. The summed E-state index contributed by atoms with van der Waals surface area (Å²) >= 11 is 0. The molecule has 4 rings (SSSR count). The predicted molar refractivity (Wildman–Crippen MR) is 104 cm³/mol. The first kappa shape index (κ1) is 16.7. The summed E-state index contributed by atoms with van der Waals surface area (Å²) in [5.41, 5.74) is 2.39. The number of fused-ring (bicyclic) bond motifs is 1. The molecule has 1 N–H and O–H groups in total. The summed E-state index contributed by atoms with van der Waals surface area (Å²) < 4.78 is 1.56. The van der Waals surface area contributed by atoms with E-state index in [1.165, 1.54) is 0 Å². The Hall–Kier alpha value is -3.80. The van der Waals surface area contributed by atoms with E-state index in [4.69, 9.17) is 0 Å². The third-order valence-corrected chi connectivity index (χ3v) is 4.21. The molecule has 6 nitrogen and oxygen atoms in total. The molecule has 0 atom stereocenters. The number of anilines is 1. The van der Waals surface area contributed by atoms with Crippen molar-refractivity contribution < 1.29 is 4.79 Å². The van der Waals surface area contributed by atoms with Crippen LogP contribution in [0.5, 0.6) is 0 Å². The molecule has 0 aliphatic heterocycles. The molecule has 0 aliphatic rings. The molecule has 132 valence electrons. The molecular weight excluding hydrogens is 340 g/mol. The van der Waals surface area contributed by atoms with Gasteiger partial charge in [-0.15, -0.1) is 0 Å². The van der Waals surface area contributed by atoms with Gasteiger partial charge in [-0.25, -0.2) is 4.68 Å². The first-order valence-electron chi connectivity index (χ1n) is 8.44. The van der Waals surface area contributed by atoms with E-state index in [1.54, 1.807) is 53.5 Å². The molecule has 0 spiro atoms. The second-order valence-corrected chi connectivity index (χ2v) is 6.14. The molecule has 0 saturated carbocycles. The number of nitrogens with zero attached hydrogens (tertiary/aromatic N) is 3. The van der Waals surface area contributed by atoms with Crippen molar-refractivity contribution in [3.05, 3.63) is 94.5 Å². The Morgan fingerprint density at radius 2 is 1.78 bits per heavy atom. The van der Waals surface area contributed by atoms with Crippen LogP contribution in [-0.2, 0) is 0 Å². The maximum atomic E-state index is 12.8. The summed E-state index contributed by atoms with van der Waals surface area (Å²) in [4.78, 5) is 29.7. The number of aromatic nitrogens is 3. The smallest absolute Gasteiger partial charge is 0.280 e. The van der Waals surface area contributed by atoms with E-state index in [9.17, 15) is 9.59 Å². The quantitative estimate of drug-likeness (QED) is 0.611. The monoisotopic (exact) mass is 356 g/mol. The maximum absolute atomic E-state index is 12.8. The van der Waals surface area contributed by atoms with E-state index < -0.39 is 11.3 Å². The van der Waals surface area contributed by atoms with Crippen LogP contribution >= 0.6 is 0 Å². The lowest BCUT2D eigenvalue weighted by Crippen LogP contribution is -2.26. The van der Waals surface area contributed by atoms with Gasteiger partial charge in [0.05, 0.1) is 22.8 Å². The van der Waals surface area contributed by atoms with Crippen LogP contribution in [0.1, 0.15) is 16.1 Å². The third-order valence-electron chi connectivity index (χ3n) is 4.21. The first-order chi connectivity index (χ1) is 13.1. The number of benzene rings is 2. The lowest BCUT2D eigenvalue weighted by molar-refractivity contribution is 0.102. The average molecular weight is 356 g/mol. The molecule has 2 heterocycles. The molecular formula is C21H16N4O2. The molecule has 0 fully saturated rings. The highest BCUT2D eigenvalue weighted by Crippen LogP contribution is 2.15. The van der Waals surface area contributed by atoms with Gasteiger partial charge in [0.2, 0.25) is 5.43 Å². The molecule has 0 saturated heterocycles. The van der Waals surface area contributed by atoms with Crippen LogP contribution < -0.4 is 10.7 Å². The van der Waals surface area contributed by atoms with E-state index in [2.05, 4.69) is 15.4 Å². The zero-order valence-electron chi connectivity index (χ0n) is 14.6. The topological polar surface area (TPSA) is 76.9 Å². The fourth-order valence-electron chi connectivity index (χ4n) is 2.83. The number of amides is 1. The molecule has 4 aromatic rings. The summed E-state index contributed by atoms with van der Waals surface area (Å²) in [7, 11) is 0. The van der Waals surface area contributed by atoms with Gasteiger partial charge < -0.3 is 5.32 Å². The standard InChI is InChI=1S/C21H16N4O2/c1-14-8-10-15(11-9-14)23-21(27)19-20(26)17-6-2-3-7-18(17)25(24-19)16-5-4-12-22-13-16/h2-13H,1H3,(H,23,27). The first-order valence-corrected chi connectivity index (χ1v) is 8.44. The highest BCUT2D eigenvalue weighted by atomic mass is 16.2. The van der Waals surface area contributed by atoms with Gasteiger partial charge in [-0.2, -0.15) is 5.10 Å². The van der Waals surface area contributed by atoms with Crippen molar-refractivity contribution >= 4 is 22.5 Å². The molecule has 0 bridgehead atoms. The van der Waals surface area contributed by atoms with E-state index in [1.807, 2.05) is 31.2 Å².